The van der Waals surface area contributed by atoms with Gasteiger partial charge >= 0.3 is 6.09 Å². The van der Waals surface area contributed by atoms with Crippen molar-refractivity contribution in [2.45, 2.75) is 65.1 Å². The molecular formula is C26H34BrN3O3. The Kier molecular flexibility index (Phi) is 8.05. The number of ether oxygens (including phenoxy) is 1. The third-order valence-corrected chi connectivity index (χ3v) is 6.19. The molecule has 0 bridgehead atoms. The second-order valence-corrected chi connectivity index (χ2v) is 10.6. The number of likely N-dealkylation sites (tertiary alicyclic amines) is 1. The molecule has 1 aliphatic rings. The van der Waals surface area contributed by atoms with Crippen LogP contribution >= 0.6 is 15.9 Å². The van der Waals surface area contributed by atoms with Gasteiger partial charge in [0.1, 0.15) is 5.60 Å². The highest BCUT2D eigenvalue weighted by Crippen LogP contribution is 2.23. The lowest BCUT2D eigenvalue weighted by atomic mass is 10.0. The average Bonchev–Trinajstić information content (AvgIpc) is 2.74. The number of aryl methyl sites for hydroxylation is 1. The second-order valence-electron chi connectivity index (χ2n) is 9.67. The van der Waals surface area contributed by atoms with E-state index in [1.165, 1.54) is 0 Å². The average molecular weight is 516 g/mol. The number of nitrogens with zero attached hydrogens (tertiary/aromatic N) is 1. The van der Waals surface area contributed by atoms with Crippen molar-refractivity contribution in [3.05, 3.63) is 63.6 Å². The summed E-state index contributed by atoms with van der Waals surface area (Å²) in [5, 5.41) is 6.64. The Morgan fingerprint density at radius 3 is 2.45 bits per heavy atom. The lowest BCUT2D eigenvalue weighted by molar-refractivity contribution is 0.0210. The molecule has 1 saturated heterocycles. The molecule has 1 aliphatic heterocycles. The van der Waals surface area contributed by atoms with E-state index in [0.717, 1.165) is 34.1 Å². The summed E-state index contributed by atoms with van der Waals surface area (Å²) in [5.74, 6) is -0.0941. The summed E-state index contributed by atoms with van der Waals surface area (Å²) in [4.78, 5) is 27.0. The van der Waals surface area contributed by atoms with Gasteiger partial charge in [0.05, 0.1) is 6.04 Å². The third kappa shape index (κ3) is 7.22. The van der Waals surface area contributed by atoms with Gasteiger partial charge in [-0.1, -0.05) is 34.1 Å². The highest BCUT2D eigenvalue weighted by atomic mass is 79.9. The Morgan fingerprint density at radius 2 is 1.82 bits per heavy atom. The monoisotopic (exact) mass is 515 g/mol. The first-order chi connectivity index (χ1) is 15.5. The zero-order chi connectivity index (χ0) is 24.2. The minimum atomic E-state index is -0.487. The van der Waals surface area contributed by atoms with Gasteiger partial charge in [-0.15, -0.1) is 0 Å². The molecule has 2 amide bonds. The lowest BCUT2D eigenvalue weighted by Crippen LogP contribution is -2.44. The maximum absolute atomic E-state index is 13.0. The number of hydrogen-bond acceptors (Lipinski definition) is 4. The Bertz CT molecular complexity index is 995. The van der Waals surface area contributed by atoms with Crippen LogP contribution in [0.1, 0.15) is 68.1 Å². The first-order valence-corrected chi connectivity index (χ1v) is 12.2. The highest BCUT2D eigenvalue weighted by molar-refractivity contribution is 9.10. The van der Waals surface area contributed by atoms with Crippen molar-refractivity contribution in [1.82, 2.24) is 10.2 Å². The minimum Gasteiger partial charge on any atom is -0.444 e. The summed E-state index contributed by atoms with van der Waals surface area (Å²) in [7, 11) is 0. The van der Waals surface area contributed by atoms with Crippen LogP contribution < -0.4 is 10.6 Å². The van der Waals surface area contributed by atoms with Crippen LogP contribution in [0.4, 0.5) is 10.5 Å². The zero-order valence-electron chi connectivity index (χ0n) is 20.1. The molecule has 0 aliphatic carbocycles. The van der Waals surface area contributed by atoms with E-state index in [2.05, 4.69) is 26.6 Å². The number of carbonyl (C=O) groups excluding carboxylic acids is 2. The van der Waals surface area contributed by atoms with Gasteiger partial charge in [-0.3, -0.25) is 4.79 Å². The molecule has 0 aromatic heterocycles. The predicted octanol–water partition coefficient (Wildman–Crippen LogP) is 6.06. The Hall–Kier alpha value is -2.54. The van der Waals surface area contributed by atoms with E-state index in [4.69, 9.17) is 4.74 Å². The first-order valence-electron chi connectivity index (χ1n) is 11.4. The topological polar surface area (TPSA) is 70.7 Å². The first kappa shape index (κ1) is 25.1. The fourth-order valence-corrected chi connectivity index (χ4v) is 4.28. The molecular weight excluding hydrogens is 482 g/mol. The standard InChI is InChI=1S/C26H34BrN3O3/c1-17-9-10-22(29-21-11-13-30(14-12-21)25(32)33-26(3,4)5)16-23(17)24(31)28-18(2)19-7-6-8-20(27)15-19/h6-10,15-16,18,21,29H,11-14H2,1-5H3,(H,28,31)/t18-/m1/s1. The van der Waals surface area contributed by atoms with Gasteiger partial charge in [0.25, 0.3) is 5.91 Å². The largest absolute Gasteiger partial charge is 0.444 e. The molecule has 2 aromatic carbocycles. The summed E-state index contributed by atoms with van der Waals surface area (Å²) in [6, 6.07) is 14.0. The van der Waals surface area contributed by atoms with E-state index in [1.54, 1.807) is 4.90 Å². The summed E-state index contributed by atoms with van der Waals surface area (Å²) < 4.78 is 6.46. The lowest BCUT2D eigenvalue weighted by Gasteiger charge is -2.34. The fraction of sp³-hybridized carbons (Fsp3) is 0.462. The molecule has 2 N–H and O–H groups in total. The van der Waals surface area contributed by atoms with Crippen molar-refractivity contribution in [2.24, 2.45) is 0 Å². The van der Waals surface area contributed by atoms with Gasteiger partial charge in [-0.2, -0.15) is 0 Å². The molecule has 0 radical (unpaired) electrons. The summed E-state index contributed by atoms with van der Waals surface area (Å²) >= 11 is 3.48. The van der Waals surface area contributed by atoms with E-state index in [9.17, 15) is 9.59 Å². The summed E-state index contributed by atoms with van der Waals surface area (Å²) in [5.41, 5.74) is 3.06. The van der Waals surface area contributed by atoms with E-state index in [1.807, 2.05) is 77.1 Å². The number of nitrogens with one attached hydrogen (secondary N) is 2. The zero-order valence-corrected chi connectivity index (χ0v) is 21.7. The van der Waals surface area contributed by atoms with Crippen LogP contribution in [0, 0.1) is 6.92 Å². The molecule has 7 heteroatoms. The van der Waals surface area contributed by atoms with Gasteiger partial charge in [0, 0.05) is 34.9 Å². The van der Waals surface area contributed by atoms with E-state index in [0.29, 0.717) is 18.7 Å². The van der Waals surface area contributed by atoms with Crippen molar-refractivity contribution >= 4 is 33.6 Å². The van der Waals surface area contributed by atoms with Crippen molar-refractivity contribution in [1.29, 1.82) is 0 Å². The molecule has 0 unspecified atom stereocenters. The van der Waals surface area contributed by atoms with E-state index < -0.39 is 5.60 Å². The van der Waals surface area contributed by atoms with Gasteiger partial charge in [-0.05, 0) is 82.9 Å². The van der Waals surface area contributed by atoms with Crippen LogP contribution in [-0.4, -0.2) is 41.6 Å². The number of rotatable bonds is 5. The van der Waals surface area contributed by atoms with Crippen molar-refractivity contribution in [3.63, 3.8) is 0 Å². The van der Waals surface area contributed by atoms with E-state index in [-0.39, 0.29) is 24.1 Å². The number of hydrogen-bond donors (Lipinski definition) is 2. The number of anilines is 1. The fourth-order valence-electron chi connectivity index (χ4n) is 3.86. The number of benzene rings is 2. The molecule has 1 atom stereocenters. The number of piperidine rings is 1. The van der Waals surface area contributed by atoms with Crippen LogP contribution in [0.25, 0.3) is 0 Å². The van der Waals surface area contributed by atoms with Gasteiger partial charge < -0.3 is 20.3 Å². The molecule has 178 valence electrons. The maximum Gasteiger partial charge on any atom is 0.410 e. The Labute approximate surface area is 205 Å². The molecule has 6 nitrogen and oxygen atoms in total. The normalized spacial score (nSPS) is 15.6. The minimum absolute atomic E-state index is 0.0941. The Balaban J connectivity index is 1.59. The van der Waals surface area contributed by atoms with Crippen molar-refractivity contribution in [3.8, 4) is 0 Å². The molecule has 33 heavy (non-hydrogen) atoms. The predicted molar refractivity (Wildman–Crippen MR) is 136 cm³/mol. The highest BCUT2D eigenvalue weighted by Gasteiger charge is 2.27. The maximum atomic E-state index is 13.0. The molecule has 0 spiro atoms. The summed E-state index contributed by atoms with van der Waals surface area (Å²) in [6.45, 7) is 10.9. The van der Waals surface area contributed by atoms with Crippen LogP contribution in [-0.2, 0) is 4.74 Å². The number of carbonyl (C=O) groups is 2. The van der Waals surface area contributed by atoms with Crippen molar-refractivity contribution < 1.29 is 14.3 Å². The van der Waals surface area contributed by atoms with Gasteiger partial charge in [-0.25, -0.2) is 4.79 Å². The SMILES string of the molecule is Cc1ccc(NC2CCN(C(=O)OC(C)(C)C)CC2)cc1C(=O)N[C@H](C)c1cccc(Br)c1. The van der Waals surface area contributed by atoms with Gasteiger partial charge in [0.2, 0.25) is 0 Å². The van der Waals surface area contributed by atoms with E-state index >= 15 is 0 Å². The number of amides is 2. The molecule has 1 fully saturated rings. The van der Waals surface area contributed by atoms with Crippen LogP contribution in [0.3, 0.4) is 0 Å². The van der Waals surface area contributed by atoms with Crippen LogP contribution in [0.15, 0.2) is 46.9 Å². The van der Waals surface area contributed by atoms with Crippen LogP contribution in [0.5, 0.6) is 0 Å². The van der Waals surface area contributed by atoms with Crippen molar-refractivity contribution in [2.75, 3.05) is 18.4 Å². The summed E-state index contributed by atoms with van der Waals surface area (Å²) in [6.07, 6.45) is 1.40. The molecule has 3 rings (SSSR count). The van der Waals surface area contributed by atoms with Crippen LogP contribution in [0.2, 0.25) is 0 Å². The smallest absolute Gasteiger partial charge is 0.410 e. The third-order valence-electron chi connectivity index (χ3n) is 5.70. The second kappa shape index (κ2) is 10.6. The quantitative estimate of drug-likeness (QED) is 0.507. The molecule has 2 aromatic rings. The Morgan fingerprint density at radius 1 is 1.12 bits per heavy atom. The van der Waals surface area contributed by atoms with Gasteiger partial charge in [0.15, 0.2) is 0 Å². The molecule has 1 heterocycles. The molecule has 0 saturated carbocycles. The number of halogens is 1.